The zero-order chi connectivity index (χ0) is 13.4. The molecule has 0 aromatic carbocycles. The van der Waals surface area contributed by atoms with Crippen LogP contribution in [0.15, 0.2) is 0 Å². The van der Waals surface area contributed by atoms with Crippen LogP contribution in [0, 0.1) is 0 Å². The molecule has 0 aliphatic carbocycles. The second kappa shape index (κ2) is 18.6. The maximum atomic E-state index is 10.2. The Bertz CT molecular complexity index is 149. The van der Waals surface area contributed by atoms with Crippen LogP contribution in [0.3, 0.4) is 0 Å². The molecular formula is C14H30O2Sn. The Balaban J connectivity index is 0. The third kappa shape index (κ3) is 26.1. The van der Waals surface area contributed by atoms with Crippen LogP contribution in [0.4, 0.5) is 0 Å². The van der Waals surface area contributed by atoms with Crippen LogP contribution in [0.5, 0.6) is 0 Å². The summed E-state index contributed by atoms with van der Waals surface area (Å²) in [6, 6.07) is 0. The van der Waals surface area contributed by atoms with E-state index in [0.29, 0.717) is 6.42 Å². The van der Waals surface area contributed by atoms with E-state index >= 15 is 0 Å². The van der Waals surface area contributed by atoms with Crippen LogP contribution in [0.1, 0.15) is 71.1 Å². The molecule has 0 rings (SSSR count). The van der Waals surface area contributed by atoms with Crippen LogP contribution >= 0.6 is 0 Å². The van der Waals surface area contributed by atoms with Crippen molar-refractivity contribution in [2.24, 2.45) is 0 Å². The molecule has 0 aromatic heterocycles. The van der Waals surface area contributed by atoms with Gasteiger partial charge in [0.05, 0.1) is 0 Å². The standard InChI is InChI=1S/C12H24O2.2CH3.Sn/c1-2-3-4-5-6-7-8-9-10-11-12(13)14;;;/h2-11H2,1H3,(H,13,14);2*1H3;. The average Bonchev–Trinajstić information content (AvgIpc) is 2.27. The van der Waals surface area contributed by atoms with Gasteiger partial charge in [-0.1, -0.05) is 58.3 Å². The molecule has 0 heterocycles. The second-order valence-electron chi connectivity index (χ2n) is 4.47. The fraction of sp³-hybridized carbons (Fsp3) is 0.929. The molecule has 0 unspecified atom stereocenters. The van der Waals surface area contributed by atoms with Gasteiger partial charge < -0.3 is 5.11 Å². The molecule has 0 aromatic rings. The molecule has 0 aliphatic heterocycles. The van der Waals surface area contributed by atoms with Crippen molar-refractivity contribution in [3.8, 4) is 0 Å². The van der Waals surface area contributed by atoms with E-state index in [2.05, 4.69) is 16.8 Å². The summed E-state index contributed by atoms with van der Waals surface area (Å²) in [5, 5.41) is 8.41. The van der Waals surface area contributed by atoms with Crippen molar-refractivity contribution in [1.82, 2.24) is 0 Å². The summed E-state index contributed by atoms with van der Waals surface area (Å²) < 4.78 is 0. The van der Waals surface area contributed by atoms with Crippen molar-refractivity contribution >= 4 is 27.1 Å². The number of aliphatic carboxylic acids is 1. The van der Waals surface area contributed by atoms with Gasteiger partial charge in [-0.3, -0.25) is 4.79 Å². The van der Waals surface area contributed by atoms with Gasteiger partial charge in [0, 0.05) is 6.42 Å². The molecule has 1 N–H and O–H groups in total. The first-order valence-electron chi connectivity index (χ1n) is 6.99. The second-order valence-corrected chi connectivity index (χ2v) is 7.33. The van der Waals surface area contributed by atoms with Crippen LogP contribution in [-0.2, 0) is 4.79 Å². The normalized spacial score (nSPS) is 9.59. The SMILES string of the molecule is CCCCCCCCCCCC(=O)O.[CH3][Sn][CH3]. The quantitative estimate of drug-likeness (QED) is 0.455. The zero-order valence-electron chi connectivity index (χ0n) is 11.9. The van der Waals surface area contributed by atoms with Gasteiger partial charge in [-0.05, 0) is 6.42 Å². The van der Waals surface area contributed by atoms with E-state index < -0.39 is 5.97 Å². The Kier molecular flexibility index (Phi) is 21.5. The number of rotatable bonds is 10. The average molecular weight is 349 g/mol. The van der Waals surface area contributed by atoms with Gasteiger partial charge in [0.2, 0.25) is 0 Å². The van der Waals surface area contributed by atoms with Crippen molar-refractivity contribution in [1.29, 1.82) is 0 Å². The third-order valence-corrected chi connectivity index (χ3v) is 2.49. The van der Waals surface area contributed by atoms with Gasteiger partial charge in [-0.25, -0.2) is 0 Å². The minimum absolute atomic E-state index is 0.230. The summed E-state index contributed by atoms with van der Waals surface area (Å²) in [4.78, 5) is 14.8. The Morgan fingerprint density at radius 2 is 1.24 bits per heavy atom. The number of hydrogen-bond acceptors (Lipinski definition) is 1. The summed E-state index contributed by atoms with van der Waals surface area (Å²) in [6.07, 6.45) is 11.5. The number of unbranched alkanes of at least 4 members (excludes halogenated alkanes) is 8. The Morgan fingerprint density at radius 3 is 1.59 bits per heavy atom. The number of hydrogen-bond donors (Lipinski definition) is 1. The van der Waals surface area contributed by atoms with Crippen LogP contribution < -0.4 is 0 Å². The molecular weight excluding hydrogens is 319 g/mol. The predicted molar refractivity (Wildman–Crippen MR) is 77.0 cm³/mol. The van der Waals surface area contributed by atoms with Gasteiger partial charge in [-0.2, -0.15) is 0 Å². The van der Waals surface area contributed by atoms with Gasteiger partial charge >= 0.3 is 37.0 Å². The number of carboxylic acid groups (broad SMARTS) is 1. The summed E-state index contributed by atoms with van der Waals surface area (Å²) in [6.45, 7) is 2.23. The van der Waals surface area contributed by atoms with Gasteiger partial charge in [-0.15, -0.1) is 0 Å². The molecule has 0 atom stereocenters. The number of carbonyl (C=O) groups is 1. The molecule has 0 aliphatic rings. The molecule has 2 nitrogen and oxygen atoms in total. The molecule has 102 valence electrons. The van der Waals surface area contributed by atoms with Crippen molar-refractivity contribution < 1.29 is 9.90 Å². The Labute approximate surface area is 118 Å². The molecule has 0 bridgehead atoms. The molecule has 0 amide bonds. The third-order valence-electron chi connectivity index (χ3n) is 2.49. The summed E-state index contributed by atoms with van der Waals surface area (Å²) in [5.74, 6) is -0.659. The summed E-state index contributed by atoms with van der Waals surface area (Å²) in [5.41, 5.74) is 0. The fourth-order valence-electron chi connectivity index (χ4n) is 1.59. The van der Waals surface area contributed by atoms with E-state index in [0.717, 1.165) is 12.8 Å². The van der Waals surface area contributed by atoms with Gasteiger partial charge in [0.25, 0.3) is 0 Å². The van der Waals surface area contributed by atoms with Crippen molar-refractivity contribution in [2.75, 3.05) is 0 Å². The molecule has 3 heteroatoms. The van der Waals surface area contributed by atoms with E-state index in [9.17, 15) is 4.79 Å². The van der Waals surface area contributed by atoms with E-state index in [1.165, 1.54) is 44.9 Å². The first-order valence-corrected chi connectivity index (χ1v) is 12.7. The molecule has 0 saturated heterocycles. The van der Waals surface area contributed by atoms with E-state index in [1.807, 2.05) is 0 Å². The first-order chi connectivity index (χ1) is 8.18. The number of carboxylic acids is 1. The van der Waals surface area contributed by atoms with Crippen molar-refractivity contribution in [3.05, 3.63) is 0 Å². The first kappa shape index (κ1) is 19.6. The fourth-order valence-corrected chi connectivity index (χ4v) is 1.59. The minimum atomic E-state index is -0.659. The maximum absolute atomic E-state index is 10.2. The predicted octanol–water partition coefficient (Wildman–Crippen LogP) is 4.78. The van der Waals surface area contributed by atoms with Crippen LogP contribution in [0.2, 0.25) is 9.88 Å². The molecule has 0 spiro atoms. The van der Waals surface area contributed by atoms with Crippen molar-refractivity contribution in [2.45, 2.75) is 81.0 Å². The zero-order valence-corrected chi connectivity index (χ0v) is 14.8. The molecule has 0 fully saturated rings. The topological polar surface area (TPSA) is 37.3 Å². The van der Waals surface area contributed by atoms with Crippen LogP contribution in [0.25, 0.3) is 0 Å². The van der Waals surface area contributed by atoms with E-state index in [4.69, 9.17) is 5.11 Å². The summed E-state index contributed by atoms with van der Waals surface area (Å²) in [7, 11) is 0. The van der Waals surface area contributed by atoms with Crippen molar-refractivity contribution in [3.63, 3.8) is 0 Å². The molecule has 17 heavy (non-hydrogen) atoms. The Hall–Kier alpha value is 0.269. The van der Waals surface area contributed by atoms with Crippen LogP contribution in [-0.4, -0.2) is 32.2 Å². The molecule has 0 saturated carbocycles. The summed E-state index contributed by atoms with van der Waals surface area (Å²) >= 11 is 0.230. The monoisotopic (exact) mass is 350 g/mol. The van der Waals surface area contributed by atoms with E-state index in [1.54, 1.807) is 0 Å². The van der Waals surface area contributed by atoms with Gasteiger partial charge in [0.1, 0.15) is 0 Å². The van der Waals surface area contributed by atoms with Gasteiger partial charge in [0.15, 0.2) is 0 Å². The van der Waals surface area contributed by atoms with E-state index in [-0.39, 0.29) is 21.1 Å². The Morgan fingerprint density at radius 1 is 0.882 bits per heavy atom. The molecule has 2 radical (unpaired) electrons.